The van der Waals surface area contributed by atoms with E-state index in [0.29, 0.717) is 28.0 Å². The quantitative estimate of drug-likeness (QED) is 0.468. The van der Waals surface area contributed by atoms with Gasteiger partial charge in [0.25, 0.3) is 5.91 Å². The topological polar surface area (TPSA) is 99.7 Å². The molecular weight excluding hydrogens is 387 g/mol. The molecule has 27 heavy (non-hydrogen) atoms. The molecule has 0 radical (unpaired) electrons. The molecule has 8 heteroatoms. The molecule has 1 amide bonds. The van der Waals surface area contributed by atoms with Crippen molar-refractivity contribution in [3.05, 3.63) is 57.0 Å². The summed E-state index contributed by atoms with van der Waals surface area (Å²) in [5.74, 6) is 0.196. The zero-order valence-corrected chi connectivity index (χ0v) is 17.3. The van der Waals surface area contributed by atoms with Crippen LogP contribution in [0.4, 0.5) is 0 Å². The number of halogens is 2. The van der Waals surface area contributed by atoms with Crippen LogP contribution in [0.25, 0.3) is 0 Å². The molecule has 0 bridgehead atoms. The number of carbonyl (C=O) groups excluding carboxylic acids is 1. The summed E-state index contributed by atoms with van der Waals surface area (Å²) in [4.78, 5) is 16.8. The van der Waals surface area contributed by atoms with Crippen molar-refractivity contribution in [2.24, 2.45) is 10.7 Å². The highest BCUT2D eigenvalue weighted by atomic mass is 35.5. The first-order valence-electron chi connectivity index (χ1n) is 8.57. The van der Waals surface area contributed by atoms with Crippen LogP contribution in [0.2, 0.25) is 10.0 Å². The smallest absolute Gasteiger partial charge is 0.275 e. The maximum absolute atomic E-state index is 12.7. The summed E-state index contributed by atoms with van der Waals surface area (Å²) in [5.41, 5.74) is 8.13. The van der Waals surface area contributed by atoms with Crippen LogP contribution >= 0.6 is 23.2 Å². The van der Waals surface area contributed by atoms with Crippen molar-refractivity contribution in [1.82, 2.24) is 10.6 Å². The van der Waals surface area contributed by atoms with Gasteiger partial charge < -0.3 is 21.5 Å². The third kappa shape index (κ3) is 7.25. The number of hydrogen-bond acceptors (Lipinski definition) is 5. The predicted octanol–water partition coefficient (Wildman–Crippen LogP) is 3.14. The second kappa shape index (κ2) is 11.6. The molecule has 148 valence electrons. The number of aliphatic hydroxyl groups excluding tert-OH is 1. The summed E-state index contributed by atoms with van der Waals surface area (Å²) in [6.45, 7) is 6.03. The van der Waals surface area contributed by atoms with E-state index in [1.165, 1.54) is 6.20 Å². The van der Waals surface area contributed by atoms with Crippen LogP contribution in [0.3, 0.4) is 0 Å². The third-order valence-corrected chi connectivity index (χ3v) is 4.60. The Labute approximate surface area is 170 Å². The molecule has 0 fully saturated rings. The first kappa shape index (κ1) is 23.0. The van der Waals surface area contributed by atoms with Crippen LogP contribution in [0.5, 0.6) is 0 Å². The molecule has 0 aromatic heterocycles. The number of amides is 1. The van der Waals surface area contributed by atoms with Gasteiger partial charge in [-0.05, 0) is 55.3 Å². The van der Waals surface area contributed by atoms with E-state index < -0.39 is 5.91 Å². The fourth-order valence-corrected chi connectivity index (χ4v) is 2.43. The summed E-state index contributed by atoms with van der Waals surface area (Å²) in [7, 11) is 0. The number of allylic oxidation sites excluding steroid dienone is 1. The van der Waals surface area contributed by atoms with E-state index in [1.807, 2.05) is 19.9 Å². The lowest BCUT2D eigenvalue weighted by atomic mass is 10.1. The Morgan fingerprint density at radius 1 is 1.30 bits per heavy atom. The lowest BCUT2D eigenvalue weighted by Gasteiger charge is -2.17. The minimum Gasteiger partial charge on any atom is -0.404 e. The molecule has 1 aromatic rings. The van der Waals surface area contributed by atoms with E-state index in [4.69, 9.17) is 34.0 Å². The summed E-state index contributed by atoms with van der Waals surface area (Å²) >= 11 is 12.0. The van der Waals surface area contributed by atoms with Crippen LogP contribution in [0.15, 0.2) is 46.4 Å². The number of aliphatic hydroxyl groups is 1. The number of carbonyl (C=O) groups is 1. The van der Waals surface area contributed by atoms with Crippen molar-refractivity contribution in [2.75, 3.05) is 13.2 Å². The Hall–Kier alpha value is -2.02. The van der Waals surface area contributed by atoms with Crippen LogP contribution in [0.1, 0.15) is 32.8 Å². The van der Waals surface area contributed by atoms with Gasteiger partial charge in [0.05, 0.1) is 23.2 Å². The Balaban J connectivity index is 2.97. The first-order valence-corrected chi connectivity index (χ1v) is 9.32. The van der Waals surface area contributed by atoms with Gasteiger partial charge in [0.1, 0.15) is 11.5 Å². The molecular formula is C19H26Cl2N4O2. The van der Waals surface area contributed by atoms with Gasteiger partial charge in [-0.3, -0.25) is 9.79 Å². The normalized spacial score (nSPS) is 13.3. The van der Waals surface area contributed by atoms with Gasteiger partial charge in [0.2, 0.25) is 0 Å². The number of nitrogens with zero attached hydrogens (tertiary/aromatic N) is 1. The van der Waals surface area contributed by atoms with E-state index in [2.05, 4.69) is 15.6 Å². The summed E-state index contributed by atoms with van der Waals surface area (Å²) in [6, 6.07) is 5.36. The zero-order valence-electron chi connectivity index (χ0n) is 15.8. The SMILES string of the molecule is CCC(C)=C(NCc1ccc(Cl)c(Cl)c1)NC(=O)C(=NCCO)/C(C)=C\N. The maximum atomic E-state index is 12.7. The fourth-order valence-electron chi connectivity index (χ4n) is 2.11. The molecule has 0 atom stereocenters. The molecule has 0 saturated carbocycles. The number of rotatable bonds is 9. The fraction of sp³-hybridized carbons (Fsp3) is 0.368. The molecule has 0 aliphatic rings. The standard InChI is InChI=1S/C19H26Cl2N4O2/c1-4-12(2)18(24-11-14-5-6-15(20)16(21)9-14)25-19(27)17(13(3)10-22)23-7-8-26/h5-6,9-10,24,26H,4,7-8,11,22H2,1-3H3,(H,25,27)/b13-10-,18-12?,23-17?. The number of benzene rings is 1. The largest absolute Gasteiger partial charge is 0.404 e. The van der Waals surface area contributed by atoms with E-state index in [0.717, 1.165) is 17.6 Å². The molecule has 0 aliphatic heterocycles. The van der Waals surface area contributed by atoms with Crippen molar-refractivity contribution in [2.45, 2.75) is 33.7 Å². The van der Waals surface area contributed by atoms with Gasteiger partial charge in [-0.1, -0.05) is 36.2 Å². The molecule has 0 heterocycles. The Morgan fingerprint density at radius 3 is 2.56 bits per heavy atom. The highest BCUT2D eigenvalue weighted by Crippen LogP contribution is 2.22. The number of aliphatic imine (C=N–C) groups is 1. The van der Waals surface area contributed by atoms with E-state index >= 15 is 0 Å². The van der Waals surface area contributed by atoms with Crippen molar-refractivity contribution in [3.8, 4) is 0 Å². The highest BCUT2D eigenvalue weighted by molar-refractivity contribution is 6.45. The van der Waals surface area contributed by atoms with Crippen molar-refractivity contribution < 1.29 is 9.90 Å². The first-order chi connectivity index (χ1) is 12.8. The molecule has 1 rings (SSSR count). The number of nitrogens with two attached hydrogens (primary N) is 1. The van der Waals surface area contributed by atoms with E-state index in [1.54, 1.807) is 19.1 Å². The number of nitrogens with one attached hydrogen (secondary N) is 2. The molecule has 5 N–H and O–H groups in total. The van der Waals surface area contributed by atoms with Crippen LogP contribution in [-0.4, -0.2) is 29.9 Å². The summed E-state index contributed by atoms with van der Waals surface area (Å²) < 4.78 is 0. The van der Waals surface area contributed by atoms with Gasteiger partial charge in [0, 0.05) is 6.54 Å². The van der Waals surface area contributed by atoms with Gasteiger partial charge >= 0.3 is 0 Å². The van der Waals surface area contributed by atoms with Crippen LogP contribution in [0, 0.1) is 0 Å². The maximum Gasteiger partial charge on any atom is 0.275 e. The second-order valence-electron chi connectivity index (χ2n) is 5.87. The van der Waals surface area contributed by atoms with Gasteiger partial charge in [-0.2, -0.15) is 0 Å². The van der Waals surface area contributed by atoms with Gasteiger partial charge in [-0.15, -0.1) is 0 Å². The Kier molecular flexibility index (Phi) is 9.93. The van der Waals surface area contributed by atoms with E-state index in [-0.39, 0.29) is 18.9 Å². The minimum atomic E-state index is -0.396. The average molecular weight is 413 g/mol. The third-order valence-electron chi connectivity index (χ3n) is 3.86. The summed E-state index contributed by atoms with van der Waals surface area (Å²) in [5, 5.41) is 16.0. The Morgan fingerprint density at radius 2 is 2.00 bits per heavy atom. The van der Waals surface area contributed by atoms with Gasteiger partial charge in [0.15, 0.2) is 0 Å². The molecule has 0 saturated heterocycles. The lowest BCUT2D eigenvalue weighted by Crippen LogP contribution is -2.37. The van der Waals surface area contributed by atoms with Crippen LogP contribution in [-0.2, 0) is 11.3 Å². The van der Waals surface area contributed by atoms with Crippen molar-refractivity contribution >= 4 is 34.8 Å². The second-order valence-corrected chi connectivity index (χ2v) is 6.68. The van der Waals surface area contributed by atoms with Crippen LogP contribution < -0.4 is 16.4 Å². The zero-order chi connectivity index (χ0) is 20.4. The molecule has 6 nitrogen and oxygen atoms in total. The monoisotopic (exact) mass is 412 g/mol. The number of hydrogen-bond donors (Lipinski definition) is 4. The highest BCUT2D eigenvalue weighted by Gasteiger charge is 2.16. The minimum absolute atomic E-state index is 0.121. The molecule has 0 spiro atoms. The van der Waals surface area contributed by atoms with Crippen molar-refractivity contribution in [3.63, 3.8) is 0 Å². The average Bonchev–Trinajstić information content (AvgIpc) is 2.66. The molecule has 0 aliphatic carbocycles. The Bertz CT molecular complexity index is 758. The predicted molar refractivity (Wildman–Crippen MR) is 112 cm³/mol. The lowest BCUT2D eigenvalue weighted by molar-refractivity contribution is -0.114. The van der Waals surface area contributed by atoms with Crippen molar-refractivity contribution in [1.29, 1.82) is 0 Å². The molecule has 1 aromatic carbocycles. The summed E-state index contributed by atoms with van der Waals surface area (Å²) in [6.07, 6.45) is 2.06. The molecule has 0 unspecified atom stereocenters. The van der Waals surface area contributed by atoms with E-state index in [9.17, 15) is 4.79 Å². The van der Waals surface area contributed by atoms with Gasteiger partial charge in [-0.25, -0.2) is 0 Å².